The fourth-order valence-corrected chi connectivity index (χ4v) is 4.00. The third kappa shape index (κ3) is 4.53. The summed E-state index contributed by atoms with van der Waals surface area (Å²) in [5, 5.41) is 0.795. The Balaban J connectivity index is 2.08. The zero-order valence-electron chi connectivity index (χ0n) is 17.0. The molecule has 2 amide bonds. The summed E-state index contributed by atoms with van der Waals surface area (Å²) >= 11 is 12.5. The van der Waals surface area contributed by atoms with Gasteiger partial charge in [0.15, 0.2) is 0 Å². The molecule has 2 aromatic carbocycles. The summed E-state index contributed by atoms with van der Waals surface area (Å²) < 4.78 is 5.36. The minimum atomic E-state index is -0.356. The number of carbonyl (C=O) groups excluding carboxylic acids is 2. The standard InChI is InChI=1S/C23H24Cl2N2O3/c1-3-26(17-9-6-5-7-10-17)21-20(18-12-11-16(24)15-19(18)25)22(28)27(23(21)29)13-8-14-30-4-2/h5-7,9-12,15H,3-4,8,13-14H2,1-2H3. The van der Waals surface area contributed by atoms with E-state index in [9.17, 15) is 9.59 Å². The van der Waals surface area contributed by atoms with Crippen molar-refractivity contribution in [2.45, 2.75) is 20.3 Å². The maximum atomic E-state index is 13.4. The molecule has 0 aromatic heterocycles. The van der Waals surface area contributed by atoms with E-state index in [1.165, 1.54) is 4.90 Å². The number of para-hydroxylation sites is 1. The van der Waals surface area contributed by atoms with Crippen LogP contribution in [-0.2, 0) is 14.3 Å². The molecule has 1 aliphatic heterocycles. The molecule has 2 aromatic rings. The summed E-state index contributed by atoms with van der Waals surface area (Å²) in [4.78, 5) is 29.9. The monoisotopic (exact) mass is 446 g/mol. The maximum absolute atomic E-state index is 13.4. The first-order valence-corrected chi connectivity index (χ1v) is 10.7. The molecule has 1 aliphatic rings. The van der Waals surface area contributed by atoms with Crippen LogP contribution in [0.1, 0.15) is 25.8 Å². The molecule has 0 spiro atoms. The average Bonchev–Trinajstić information content (AvgIpc) is 2.97. The lowest BCUT2D eigenvalue weighted by Crippen LogP contribution is -2.36. The summed E-state index contributed by atoms with van der Waals surface area (Å²) in [5.74, 6) is -0.687. The fourth-order valence-electron chi connectivity index (χ4n) is 3.50. The zero-order valence-corrected chi connectivity index (χ0v) is 18.5. The molecule has 0 aliphatic carbocycles. The second-order valence-corrected chi connectivity index (χ2v) is 7.58. The average molecular weight is 447 g/mol. The highest BCUT2D eigenvalue weighted by atomic mass is 35.5. The van der Waals surface area contributed by atoms with Gasteiger partial charge in [0.1, 0.15) is 5.70 Å². The Morgan fingerprint density at radius 1 is 1.00 bits per heavy atom. The number of amides is 2. The van der Waals surface area contributed by atoms with Crippen LogP contribution in [0.3, 0.4) is 0 Å². The Morgan fingerprint density at radius 2 is 1.73 bits per heavy atom. The van der Waals surface area contributed by atoms with E-state index in [0.29, 0.717) is 53.1 Å². The topological polar surface area (TPSA) is 49.9 Å². The number of carbonyl (C=O) groups is 2. The number of ether oxygens (including phenoxy) is 1. The van der Waals surface area contributed by atoms with Gasteiger partial charge in [-0.3, -0.25) is 14.5 Å². The Hall–Kier alpha value is -2.34. The van der Waals surface area contributed by atoms with Gasteiger partial charge in [-0.15, -0.1) is 0 Å². The van der Waals surface area contributed by atoms with E-state index in [4.69, 9.17) is 27.9 Å². The Kier molecular flexibility index (Phi) is 7.53. The number of anilines is 1. The van der Waals surface area contributed by atoms with E-state index in [0.717, 1.165) is 5.69 Å². The van der Waals surface area contributed by atoms with Gasteiger partial charge in [-0.1, -0.05) is 47.5 Å². The smallest absolute Gasteiger partial charge is 0.278 e. The molecule has 0 atom stereocenters. The van der Waals surface area contributed by atoms with Crippen molar-refractivity contribution >= 4 is 46.3 Å². The van der Waals surface area contributed by atoms with Crippen LogP contribution in [-0.4, -0.2) is 43.0 Å². The highest BCUT2D eigenvalue weighted by molar-refractivity contribution is 6.41. The second-order valence-electron chi connectivity index (χ2n) is 6.74. The number of hydrogen-bond acceptors (Lipinski definition) is 4. The molecule has 1 heterocycles. The van der Waals surface area contributed by atoms with Crippen molar-refractivity contribution in [3.8, 4) is 0 Å². The predicted molar refractivity (Wildman–Crippen MR) is 121 cm³/mol. The van der Waals surface area contributed by atoms with Crippen molar-refractivity contribution in [3.05, 3.63) is 69.8 Å². The number of halogens is 2. The second kappa shape index (κ2) is 10.1. The van der Waals surface area contributed by atoms with Crippen LogP contribution in [0.4, 0.5) is 5.69 Å². The van der Waals surface area contributed by atoms with Crippen molar-refractivity contribution in [2.75, 3.05) is 31.2 Å². The van der Waals surface area contributed by atoms with Gasteiger partial charge in [-0.2, -0.15) is 0 Å². The number of rotatable bonds is 9. The van der Waals surface area contributed by atoms with Crippen LogP contribution in [0.2, 0.25) is 10.0 Å². The summed E-state index contributed by atoms with van der Waals surface area (Å²) in [6.45, 7) is 5.72. The minimum Gasteiger partial charge on any atom is -0.382 e. The third-order valence-electron chi connectivity index (χ3n) is 4.87. The molecule has 0 unspecified atom stereocenters. The van der Waals surface area contributed by atoms with Gasteiger partial charge in [-0.25, -0.2) is 0 Å². The van der Waals surface area contributed by atoms with Gasteiger partial charge in [0, 0.05) is 42.6 Å². The third-order valence-corrected chi connectivity index (χ3v) is 5.42. The summed E-state index contributed by atoms with van der Waals surface area (Å²) in [5.41, 5.74) is 1.95. The SMILES string of the molecule is CCOCCCN1C(=O)C(c2ccc(Cl)cc2Cl)=C(N(CC)c2ccccc2)C1=O. The minimum absolute atomic E-state index is 0.280. The molecule has 0 saturated carbocycles. The highest BCUT2D eigenvalue weighted by Gasteiger charge is 2.42. The van der Waals surface area contributed by atoms with E-state index in [-0.39, 0.29) is 18.4 Å². The number of likely N-dealkylation sites (N-methyl/N-ethyl adjacent to an activating group) is 1. The molecular weight excluding hydrogens is 423 g/mol. The Morgan fingerprint density at radius 3 is 2.37 bits per heavy atom. The van der Waals surface area contributed by atoms with Crippen LogP contribution in [0.5, 0.6) is 0 Å². The molecule has 158 valence electrons. The molecule has 0 saturated heterocycles. The lowest BCUT2D eigenvalue weighted by molar-refractivity contribution is -0.137. The van der Waals surface area contributed by atoms with E-state index < -0.39 is 0 Å². The van der Waals surface area contributed by atoms with Crippen molar-refractivity contribution in [3.63, 3.8) is 0 Å². The van der Waals surface area contributed by atoms with Gasteiger partial charge in [0.05, 0.1) is 10.6 Å². The first kappa shape index (κ1) is 22.3. The predicted octanol–water partition coefficient (Wildman–Crippen LogP) is 5.03. The van der Waals surface area contributed by atoms with Crippen molar-refractivity contribution in [2.24, 2.45) is 0 Å². The zero-order chi connectivity index (χ0) is 21.7. The quantitative estimate of drug-likeness (QED) is 0.400. The van der Waals surface area contributed by atoms with Gasteiger partial charge in [0.25, 0.3) is 11.8 Å². The Labute approximate surface area is 186 Å². The van der Waals surface area contributed by atoms with E-state index in [1.807, 2.05) is 49.1 Å². The normalized spacial score (nSPS) is 14.1. The summed E-state index contributed by atoms with van der Waals surface area (Å²) in [6.07, 6.45) is 0.567. The van der Waals surface area contributed by atoms with E-state index >= 15 is 0 Å². The number of nitrogens with zero attached hydrogens (tertiary/aromatic N) is 2. The summed E-state index contributed by atoms with van der Waals surface area (Å²) in [6, 6.07) is 14.5. The van der Waals surface area contributed by atoms with Crippen LogP contribution < -0.4 is 4.90 Å². The maximum Gasteiger partial charge on any atom is 0.278 e. The van der Waals surface area contributed by atoms with Gasteiger partial charge >= 0.3 is 0 Å². The van der Waals surface area contributed by atoms with Crippen LogP contribution >= 0.6 is 23.2 Å². The molecule has 0 fully saturated rings. The molecular formula is C23H24Cl2N2O3. The molecule has 0 radical (unpaired) electrons. The number of imide groups is 1. The van der Waals surface area contributed by atoms with Crippen LogP contribution in [0.15, 0.2) is 54.2 Å². The van der Waals surface area contributed by atoms with Crippen molar-refractivity contribution in [1.29, 1.82) is 0 Å². The van der Waals surface area contributed by atoms with E-state index in [1.54, 1.807) is 18.2 Å². The molecule has 7 heteroatoms. The molecule has 5 nitrogen and oxygen atoms in total. The fraction of sp³-hybridized carbons (Fsp3) is 0.304. The first-order chi connectivity index (χ1) is 14.5. The van der Waals surface area contributed by atoms with E-state index in [2.05, 4.69) is 0 Å². The molecule has 30 heavy (non-hydrogen) atoms. The van der Waals surface area contributed by atoms with Gasteiger partial charge in [-0.05, 0) is 44.5 Å². The van der Waals surface area contributed by atoms with Gasteiger partial charge < -0.3 is 9.64 Å². The van der Waals surface area contributed by atoms with Crippen molar-refractivity contribution < 1.29 is 14.3 Å². The Bertz CT molecular complexity index is 960. The number of benzene rings is 2. The van der Waals surface area contributed by atoms with Crippen LogP contribution in [0.25, 0.3) is 5.57 Å². The number of hydrogen-bond donors (Lipinski definition) is 0. The largest absolute Gasteiger partial charge is 0.382 e. The highest BCUT2D eigenvalue weighted by Crippen LogP contribution is 2.37. The van der Waals surface area contributed by atoms with Crippen LogP contribution in [0, 0.1) is 0 Å². The van der Waals surface area contributed by atoms with Crippen molar-refractivity contribution in [1.82, 2.24) is 4.90 Å². The molecule has 3 rings (SSSR count). The first-order valence-electron chi connectivity index (χ1n) is 9.95. The lowest BCUT2D eigenvalue weighted by Gasteiger charge is -2.25. The molecule has 0 N–H and O–H groups in total. The molecule has 0 bridgehead atoms. The lowest BCUT2D eigenvalue weighted by atomic mass is 10.0. The summed E-state index contributed by atoms with van der Waals surface area (Å²) in [7, 11) is 0. The van der Waals surface area contributed by atoms with Gasteiger partial charge in [0.2, 0.25) is 0 Å².